The average molecular weight is 184 g/mol. The van der Waals surface area contributed by atoms with E-state index in [0.717, 1.165) is 0 Å². The van der Waals surface area contributed by atoms with Crippen molar-refractivity contribution in [3.8, 4) is 5.75 Å². The molecule has 0 aliphatic rings. The van der Waals surface area contributed by atoms with Crippen molar-refractivity contribution in [1.82, 2.24) is 0 Å². The van der Waals surface area contributed by atoms with Crippen molar-refractivity contribution in [2.75, 3.05) is 0 Å². The lowest BCUT2D eigenvalue weighted by Gasteiger charge is -2.06. The van der Waals surface area contributed by atoms with Crippen molar-refractivity contribution < 1.29 is 14.6 Å². The van der Waals surface area contributed by atoms with Gasteiger partial charge in [0.2, 0.25) is 0 Å². The molecule has 2 nitrogen and oxygen atoms in total. The molecule has 0 fully saturated rings. The van der Waals surface area contributed by atoms with Gasteiger partial charge in [0.05, 0.1) is 6.10 Å². The van der Waals surface area contributed by atoms with Gasteiger partial charge in [-0.15, -0.1) is 0 Å². The third-order valence-electron chi connectivity index (χ3n) is 1.90. The fourth-order valence-electron chi connectivity index (χ4n) is 1.13. The van der Waals surface area contributed by atoms with Gasteiger partial charge in [-0.05, 0) is 31.4 Å². The summed E-state index contributed by atoms with van der Waals surface area (Å²) in [6.45, 7) is 1.66. The molecule has 0 saturated carbocycles. The minimum absolute atomic E-state index is 0.303. The molecule has 0 unspecified atom stereocenters. The lowest BCUT2D eigenvalue weighted by Crippen LogP contribution is -2.01. The van der Waals surface area contributed by atoms with Crippen molar-refractivity contribution in [2.24, 2.45) is 0 Å². The molecule has 0 radical (unpaired) electrons. The molecule has 1 aromatic carbocycles. The zero-order chi connectivity index (χ0) is 9.84. The lowest BCUT2D eigenvalue weighted by molar-refractivity contribution is 0.184. The van der Waals surface area contributed by atoms with Crippen LogP contribution in [0.2, 0.25) is 0 Å². The number of aliphatic hydroxyl groups excluding tert-OH is 1. The molecule has 0 amide bonds. The van der Waals surface area contributed by atoms with Crippen molar-refractivity contribution in [2.45, 2.75) is 25.9 Å². The van der Waals surface area contributed by atoms with Gasteiger partial charge in [0.15, 0.2) is 11.6 Å². The maximum atomic E-state index is 12.8. The number of hydrogen-bond donors (Lipinski definition) is 2. The number of phenols is 1. The first kappa shape index (κ1) is 9.99. The summed E-state index contributed by atoms with van der Waals surface area (Å²) in [5.41, 5.74) is 0.543. The predicted molar refractivity (Wildman–Crippen MR) is 48.1 cm³/mol. The number of benzene rings is 1. The Hall–Kier alpha value is -1.09. The quantitative estimate of drug-likeness (QED) is 0.752. The van der Waals surface area contributed by atoms with E-state index in [9.17, 15) is 9.50 Å². The minimum Gasteiger partial charge on any atom is -0.505 e. The summed E-state index contributed by atoms with van der Waals surface area (Å²) >= 11 is 0. The standard InChI is InChI=1S/C10H13FO2/c1-7(12)5-6-8-3-2-4-9(11)10(8)13/h2-4,7,12-13H,5-6H2,1H3/t7-/m0/s1. The molecule has 3 heteroatoms. The zero-order valence-electron chi connectivity index (χ0n) is 7.50. The van der Waals surface area contributed by atoms with E-state index in [-0.39, 0.29) is 5.75 Å². The normalized spacial score (nSPS) is 12.8. The first-order valence-corrected chi connectivity index (χ1v) is 4.25. The minimum atomic E-state index is -0.608. The van der Waals surface area contributed by atoms with Crippen LogP contribution in [0.15, 0.2) is 18.2 Å². The number of para-hydroxylation sites is 1. The second-order valence-corrected chi connectivity index (χ2v) is 3.14. The SMILES string of the molecule is C[C@H](O)CCc1cccc(F)c1O. The van der Waals surface area contributed by atoms with Gasteiger partial charge in [-0.25, -0.2) is 4.39 Å². The van der Waals surface area contributed by atoms with E-state index in [1.807, 2.05) is 0 Å². The summed E-state index contributed by atoms with van der Waals surface area (Å²) < 4.78 is 12.8. The summed E-state index contributed by atoms with van der Waals surface area (Å²) in [6.07, 6.45) is 0.584. The highest BCUT2D eigenvalue weighted by Gasteiger charge is 2.06. The number of aromatic hydroxyl groups is 1. The van der Waals surface area contributed by atoms with Crippen LogP contribution in [0.5, 0.6) is 5.75 Å². The van der Waals surface area contributed by atoms with Gasteiger partial charge in [-0.3, -0.25) is 0 Å². The molecule has 1 aromatic rings. The van der Waals surface area contributed by atoms with Crippen LogP contribution in [0.25, 0.3) is 0 Å². The van der Waals surface area contributed by atoms with Crippen LogP contribution in [0.3, 0.4) is 0 Å². The van der Waals surface area contributed by atoms with Gasteiger partial charge >= 0.3 is 0 Å². The zero-order valence-corrected chi connectivity index (χ0v) is 7.50. The van der Waals surface area contributed by atoms with Gasteiger partial charge in [0.1, 0.15) is 0 Å². The molecule has 1 rings (SSSR count). The Morgan fingerprint density at radius 2 is 2.15 bits per heavy atom. The fourth-order valence-corrected chi connectivity index (χ4v) is 1.13. The highest BCUT2D eigenvalue weighted by molar-refractivity contribution is 5.33. The third-order valence-corrected chi connectivity index (χ3v) is 1.90. The number of hydrogen-bond acceptors (Lipinski definition) is 2. The Bertz CT molecular complexity index is 284. The number of aryl methyl sites for hydroxylation is 1. The van der Waals surface area contributed by atoms with Crippen molar-refractivity contribution in [3.63, 3.8) is 0 Å². The van der Waals surface area contributed by atoms with Crippen molar-refractivity contribution in [3.05, 3.63) is 29.6 Å². The smallest absolute Gasteiger partial charge is 0.165 e. The summed E-state index contributed by atoms with van der Waals surface area (Å²) in [7, 11) is 0. The van der Waals surface area contributed by atoms with Gasteiger partial charge < -0.3 is 10.2 Å². The second-order valence-electron chi connectivity index (χ2n) is 3.14. The van der Waals surface area contributed by atoms with Crippen LogP contribution in [0, 0.1) is 5.82 Å². The van der Waals surface area contributed by atoms with Crippen LogP contribution < -0.4 is 0 Å². The van der Waals surface area contributed by atoms with E-state index in [4.69, 9.17) is 5.11 Å². The Balaban J connectivity index is 2.71. The molecule has 0 bridgehead atoms. The molecule has 72 valence electrons. The lowest BCUT2D eigenvalue weighted by atomic mass is 10.1. The van der Waals surface area contributed by atoms with Crippen LogP contribution >= 0.6 is 0 Å². The number of halogens is 1. The van der Waals surface area contributed by atoms with Crippen LogP contribution in [0.4, 0.5) is 4.39 Å². The van der Waals surface area contributed by atoms with Crippen LogP contribution in [-0.2, 0) is 6.42 Å². The number of rotatable bonds is 3. The molecule has 0 aromatic heterocycles. The van der Waals surface area contributed by atoms with E-state index in [0.29, 0.717) is 18.4 Å². The summed E-state index contributed by atoms with van der Waals surface area (Å²) in [6, 6.07) is 4.41. The van der Waals surface area contributed by atoms with Gasteiger partial charge in [0, 0.05) is 0 Å². The molecular formula is C10H13FO2. The molecule has 0 aliphatic heterocycles. The van der Waals surface area contributed by atoms with E-state index >= 15 is 0 Å². The molecule has 13 heavy (non-hydrogen) atoms. The molecule has 0 heterocycles. The van der Waals surface area contributed by atoms with Gasteiger partial charge in [0.25, 0.3) is 0 Å². The van der Waals surface area contributed by atoms with E-state index in [1.165, 1.54) is 6.07 Å². The molecule has 0 saturated heterocycles. The number of aliphatic hydroxyl groups is 1. The monoisotopic (exact) mass is 184 g/mol. The summed E-state index contributed by atoms with van der Waals surface area (Å²) in [4.78, 5) is 0. The van der Waals surface area contributed by atoms with Crippen LogP contribution in [-0.4, -0.2) is 16.3 Å². The highest BCUT2D eigenvalue weighted by atomic mass is 19.1. The average Bonchev–Trinajstić information content (AvgIpc) is 2.07. The molecular weight excluding hydrogens is 171 g/mol. The van der Waals surface area contributed by atoms with Gasteiger partial charge in [-0.1, -0.05) is 12.1 Å². The Labute approximate surface area is 76.6 Å². The molecule has 1 atom stereocenters. The Kier molecular flexibility index (Phi) is 3.25. The maximum absolute atomic E-state index is 12.8. The van der Waals surface area contributed by atoms with Crippen LogP contribution in [0.1, 0.15) is 18.9 Å². The molecule has 0 aliphatic carbocycles. The van der Waals surface area contributed by atoms with Crippen molar-refractivity contribution in [1.29, 1.82) is 0 Å². The molecule has 2 N–H and O–H groups in total. The fraction of sp³-hybridized carbons (Fsp3) is 0.400. The largest absolute Gasteiger partial charge is 0.505 e. The van der Waals surface area contributed by atoms with E-state index in [1.54, 1.807) is 19.1 Å². The summed E-state index contributed by atoms with van der Waals surface area (Å²) in [5.74, 6) is -0.911. The highest BCUT2D eigenvalue weighted by Crippen LogP contribution is 2.22. The van der Waals surface area contributed by atoms with E-state index < -0.39 is 11.9 Å². The van der Waals surface area contributed by atoms with E-state index in [2.05, 4.69) is 0 Å². The molecule has 0 spiro atoms. The summed E-state index contributed by atoms with van der Waals surface area (Å²) in [5, 5.41) is 18.3. The third kappa shape index (κ3) is 2.70. The van der Waals surface area contributed by atoms with Gasteiger partial charge in [-0.2, -0.15) is 0 Å². The Morgan fingerprint density at radius 3 is 2.77 bits per heavy atom. The second kappa shape index (κ2) is 4.23. The topological polar surface area (TPSA) is 40.5 Å². The maximum Gasteiger partial charge on any atom is 0.165 e. The van der Waals surface area contributed by atoms with Crippen molar-refractivity contribution >= 4 is 0 Å². The first-order valence-electron chi connectivity index (χ1n) is 4.25. The number of phenolic OH excluding ortho intramolecular Hbond substituents is 1. The predicted octanol–water partition coefficient (Wildman–Crippen LogP) is 1.84. The first-order chi connectivity index (χ1) is 6.11. The Morgan fingerprint density at radius 1 is 1.46 bits per heavy atom.